The van der Waals surface area contributed by atoms with E-state index >= 15 is 0 Å². The second-order valence-corrected chi connectivity index (χ2v) is 9.43. The highest BCUT2D eigenvalue weighted by molar-refractivity contribution is 6.31. The predicted molar refractivity (Wildman–Crippen MR) is 149 cm³/mol. The number of aliphatic hydroxyl groups is 1. The standard InChI is InChI=1S/C29H23ClN4O7/c1-39-29(38)24(35)14-34-13-22(20-7-6-19(12-23(20)34)41-27-3-2-8-32-33-27)25(36)15-40-26-11-16-4-5-18(30)9-17(16)10-21(26)28(31)37/h2-13,24,35H,14-15H2,1H3,(H2,31,37)/t24-/m1/s1. The molecule has 208 valence electrons. The molecule has 3 N–H and O–H groups in total. The first-order valence-electron chi connectivity index (χ1n) is 12.3. The summed E-state index contributed by atoms with van der Waals surface area (Å²) < 4.78 is 17.7. The summed E-state index contributed by atoms with van der Waals surface area (Å²) in [5.41, 5.74) is 6.43. The minimum absolute atomic E-state index is 0.0991. The molecule has 5 aromatic rings. The number of primary amides is 1. The lowest BCUT2D eigenvalue weighted by molar-refractivity contribution is -0.151. The third-order valence-electron chi connectivity index (χ3n) is 6.29. The largest absolute Gasteiger partial charge is 0.485 e. The van der Waals surface area contributed by atoms with Crippen molar-refractivity contribution < 1.29 is 33.7 Å². The summed E-state index contributed by atoms with van der Waals surface area (Å²) in [6.45, 7) is -0.610. The number of amides is 1. The average molecular weight is 575 g/mol. The minimum atomic E-state index is -1.48. The van der Waals surface area contributed by atoms with Crippen LogP contribution in [0, 0.1) is 0 Å². The highest BCUT2D eigenvalue weighted by atomic mass is 35.5. The van der Waals surface area contributed by atoms with E-state index in [1.807, 2.05) is 0 Å². The molecule has 1 atom stereocenters. The van der Waals surface area contributed by atoms with Crippen LogP contribution in [-0.2, 0) is 16.1 Å². The zero-order chi connectivity index (χ0) is 29.1. The number of ether oxygens (including phenoxy) is 3. The van der Waals surface area contributed by atoms with Crippen LogP contribution in [0.1, 0.15) is 20.7 Å². The number of carbonyl (C=O) groups is 3. The lowest BCUT2D eigenvalue weighted by Crippen LogP contribution is -2.26. The Balaban J connectivity index is 1.47. The van der Waals surface area contributed by atoms with E-state index in [1.165, 1.54) is 19.5 Å². The van der Waals surface area contributed by atoms with Crippen LogP contribution in [0.25, 0.3) is 21.7 Å². The van der Waals surface area contributed by atoms with E-state index in [9.17, 15) is 19.5 Å². The van der Waals surface area contributed by atoms with Gasteiger partial charge in [0.1, 0.15) is 11.5 Å². The number of aliphatic hydroxyl groups excluding tert-OH is 1. The van der Waals surface area contributed by atoms with Gasteiger partial charge in [-0.3, -0.25) is 9.59 Å². The Labute approximate surface area is 238 Å². The van der Waals surface area contributed by atoms with Crippen molar-refractivity contribution in [3.8, 4) is 17.4 Å². The summed E-state index contributed by atoms with van der Waals surface area (Å²) >= 11 is 6.07. The number of hydrogen-bond donors (Lipinski definition) is 2. The van der Waals surface area contributed by atoms with Gasteiger partial charge in [0.05, 0.1) is 24.7 Å². The van der Waals surface area contributed by atoms with Crippen molar-refractivity contribution in [3.63, 3.8) is 0 Å². The first-order valence-corrected chi connectivity index (χ1v) is 12.6. The van der Waals surface area contributed by atoms with Crippen LogP contribution in [0.4, 0.5) is 0 Å². The molecular weight excluding hydrogens is 552 g/mol. The highest BCUT2D eigenvalue weighted by Crippen LogP contribution is 2.31. The summed E-state index contributed by atoms with van der Waals surface area (Å²) in [6.07, 6.45) is 1.53. The van der Waals surface area contributed by atoms with Crippen molar-refractivity contribution in [1.29, 1.82) is 0 Å². The van der Waals surface area contributed by atoms with Gasteiger partial charge in [-0.05, 0) is 53.2 Å². The maximum atomic E-state index is 13.4. The van der Waals surface area contributed by atoms with Gasteiger partial charge in [-0.15, -0.1) is 5.10 Å². The number of ketones is 1. The molecule has 5 rings (SSSR count). The van der Waals surface area contributed by atoms with Crippen LogP contribution >= 0.6 is 11.6 Å². The average Bonchev–Trinajstić information content (AvgIpc) is 3.32. The number of carbonyl (C=O) groups excluding carboxylic acids is 3. The number of methoxy groups -OCH3 is 1. The maximum absolute atomic E-state index is 13.4. The summed E-state index contributed by atoms with van der Waals surface area (Å²) in [6, 6.07) is 16.6. The van der Waals surface area contributed by atoms with Gasteiger partial charge in [0, 0.05) is 40.5 Å². The Morgan fingerprint density at radius 2 is 1.88 bits per heavy atom. The van der Waals surface area contributed by atoms with E-state index in [1.54, 1.807) is 65.2 Å². The number of nitrogens with two attached hydrogens (primary N) is 1. The molecule has 11 nitrogen and oxygen atoms in total. The number of nitrogens with zero attached hydrogens (tertiary/aromatic N) is 3. The molecular formula is C29H23ClN4O7. The number of benzene rings is 3. The Bertz CT molecular complexity index is 1790. The van der Waals surface area contributed by atoms with E-state index in [0.717, 1.165) is 5.39 Å². The van der Waals surface area contributed by atoms with Crippen molar-refractivity contribution in [1.82, 2.24) is 14.8 Å². The number of Topliss-reactive ketones (excluding diaryl/α,β-unsaturated/α-hetero) is 1. The van der Waals surface area contributed by atoms with Crippen molar-refractivity contribution in [2.75, 3.05) is 13.7 Å². The van der Waals surface area contributed by atoms with Gasteiger partial charge >= 0.3 is 5.97 Å². The van der Waals surface area contributed by atoms with Crippen LogP contribution in [0.5, 0.6) is 17.4 Å². The van der Waals surface area contributed by atoms with E-state index in [4.69, 9.17) is 26.8 Å². The number of esters is 1. The summed E-state index contributed by atoms with van der Waals surface area (Å²) in [7, 11) is 1.17. The smallest absolute Gasteiger partial charge is 0.336 e. The zero-order valence-corrected chi connectivity index (χ0v) is 22.4. The molecule has 0 bridgehead atoms. The van der Waals surface area contributed by atoms with Gasteiger partial charge in [0.15, 0.2) is 12.7 Å². The molecule has 2 aromatic heterocycles. The molecule has 0 saturated carbocycles. The molecule has 2 heterocycles. The lowest BCUT2D eigenvalue weighted by atomic mass is 10.1. The number of aromatic nitrogens is 3. The molecule has 41 heavy (non-hydrogen) atoms. The van der Waals surface area contributed by atoms with Crippen LogP contribution in [-0.4, -0.2) is 57.4 Å². The number of fused-ring (bicyclic) bond motifs is 2. The normalized spacial score (nSPS) is 11.8. The molecule has 0 aliphatic heterocycles. The Hall–Kier alpha value is -5.00. The van der Waals surface area contributed by atoms with Crippen molar-refractivity contribution in [2.45, 2.75) is 12.6 Å². The summed E-state index contributed by atoms with van der Waals surface area (Å²) in [4.78, 5) is 37.4. The molecule has 0 aliphatic carbocycles. The van der Waals surface area contributed by atoms with E-state index < -0.39 is 30.4 Å². The van der Waals surface area contributed by atoms with Crippen molar-refractivity contribution in [3.05, 3.63) is 89.2 Å². The predicted octanol–water partition coefficient (Wildman–Crippen LogP) is 3.92. The van der Waals surface area contributed by atoms with Gasteiger partial charge in [-0.25, -0.2) is 4.79 Å². The van der Waals surface area contributed by atoms with E-state index in [0.29, 0.717) is 27.1 Å². The zero-order valence-electron chi connectivity index (χ0n) is 21.6. The minimum Gasteiger partial charge on any atom is -0.485 e. The molecule has 12 heteroatoms. The molecule has 3 aromatic carbocycles. The van der Waals surface area contributed by atoms with Crippen LogP contribution < -0.4 is 15.2 Å². The number of hydrogen-bond acceptors (Lipinski definition) is 9. The fourth-order valence-corrected chi connectivity index (χ4v) is 4.53. The van der Waals surface area contributed by atoms with Gasteiger partial charge < -0.3 is 29.6 Å². The third kappa shape index (κ3) is 5.96. The second kappa shape index (κ2) is 11.6. The maximum Gasteiger partial charge on any atom is 0.336 e. The first-order chi connectivity index (χ1) is 19.7. The fourth-order valence-electron chi connectivity index (χ4n) is 4.35. The van der Waals surface area contributed by atoms with Gasteiger partial charge in [0.25, 0.3) is 5.91 Å². The van der Waals surface area contributed by atoms with Crippen molar-refractivity contribution in [2.24, 2.45) is 5.73 Å². The summed E-state index contributed by atoms with van der Waals surface area (Å²) in [5, 5.41) is 20.4. The Morgan fingerprint density at radius 3 is 2.61 bits per heavy atom. The van der Waals surface area contributed by atoms with E-state index in [-0.39, 0.29) is 29.3 Å². The first kappa shape index (κ1) is 27.6. The highest BCUT2D eigenvalue weighted by Gasteiger charge is 2.22. The lowest BCUT2D eigenvalue weighted by Gasteiger charge is -2.11. The molecule has 0 saturated heterocycles. The van der Waals surface area contributed by atoms with E-state index in [2.05, 4.69) is 14.9 Å². The molecule has 0 radical (unpaired) electrons. The van der Waals surface area contributed by atoms with Crippen LogP contribution in [0.3, 0.4) is 0 Å². The Kier molecular flexibility index (Phi) is 7.81. The quantitative estimate of drug-likeness (QED) is 0.186. The third-order valence-corrected chi connectivity index (χ3v) is 6.53. The fraction of sp³-hybridized carbons (Fsp3) is 0.138. The second-order valence-electron chi connectivity index (χ2n) is 8.99. The van der Waals surface area contributed by atoms with Gasteiger partial charge in [0.2, 0.25) is 11.7 Å². The molecule has 0 fully saturated rings. The number of rotatable bonds is 10. The van der Waals surface area contributed by atoms with Crippen LogP contribution in [0.2, 0.25) is 5.02 Å². The SMILES string of the molecule is COC(=O)[C@H](O)Cn1cc(C(=O)COc2cc3ccc(Cl)cc3cc2C(N)=O)c2ccc(Oc3cccnn3)cc21. The number of halogens is 1. The Morgan fingerprint density at radius 1 is 1.05 bits per heavy atom. The van der Waals surface area contributed by atoms with Gasteiger partial charge in [-0.1, -0.05) is 17.7 Å². The monoisotopic (exact) mass is 574 g/mol. The molecule has 0 unspecified atom stereocenters. The van der Waals surface area contributed by atoms with Crippen molar-refractivity contribution >= 4 is 50.9 Å². The topological polar surface area (TPSA) is 156 Å². The van der Waals surface area contributed by atoms with Crippen LogP contribution in [0.15, 0.2) is 73.1 Å². The molecule has 0 aliphatic rings. The molecule has 1 amide bonds. The molecule has 0 spiro atoms. The van der Waals surface area contributed by atoms with Gasteiger partial charge in [-0.2, -0.15) is 5.10 Å². The summed E-state index contributed by atoms with van der Waals surface area (Å²) in [5.74, 6) is -1.18.